The molecule has 1 N–H and O–H groups in total. The third-order valence-corrected chi connectivity index (χ3v) is 5.35. The van der Waals surface area contributed by atoms with Gasteiger partial charge in [0.2, 0.25) is 0 Å². The molecule has 0 fully saturated rings. The largest absolute Gasteiger partial charge is 0.347 e. The van der Waals surface area contributed by atoms with Gasteiger partial charge in [-0.15, -0.1) is 22.7 Å². The van der Waals surface area contributed by atoms with Gasteiger partial charge in [0.15, 0.2) is 5.82 Å². The number of rotatable bonds is 5. The Bertz CT molecular complexity index is 976. The van der Waals surface area contributed by atoms with Gasteiger partial charge in [-0.3, -0.25) is 4.79 Å². The van der Waals surface area contributed by atoms with Crippen LogP contribution in [0.1, 0.15) is 16.1 Å². The number of carbonyl (C=O) groups is 1. The van der Waals surface area contributed by atoms with Crippen LogP contribution in [0.25, 0.3) is 15.7 Å². The maximum atomic E-state index is 12.3. The number of hydrogen-bond donors (Lipinski definition) is 1. The van der Waals surface area contributed by atoms with Gasteiger partial charge in [0.1, 0.15) is 10.7 Å². The quantitative estimate of drug-likeness (QED) is 0.587. The lowest BCUT2D eigenvalue weighted by Gasteiger charge is -2.06. The smallest absolute Gasteiger partial charge is 0.271 e. The average molecular weight is 367 g/mol. The lowest BCUT2D eigenvalue weighted by molar-refractivity contribution is 0.0946. The first-order chi connectivity index (χ1) is 12.3. The fourth-order valence-electron chi connectivity index (χ4n) is 2.26. The van der Waals surface area contributed by atoms with E-state index in [1.807, 2.05) is 41.9 Å². The third kappa shape index (κ3) is 3.49. The highest BCUT2D eigenvalue weighted by molar-refractivity contribution is 7.20. The van der Waals surface area contributed by atoms with E-state index in [-0.39, 0.29) is 5.91 Å². The monoisotopic (exact) mass is 367 g/mol. The summed E-state index contributed by atoms with van der Waals surface area (Å²) in [6, 6.07) is 9.57. The Morgan fingerprint density at radius 3 is 2.96 bits per heavy atom. The van der Waals surface area contributed by atoms with Crippen LogP contribution in [0.2, 0.25) is 0 Å². The van der Waals surface area contributed by atoms with Crippen molar-refractivity contribution in [3.63, 3.8) is 0 Å². The third-order valence-electron chi connectivity index (χ3n) is 3.47. The summed E-state index contributed by atoms with van der Waals surface area (Å²) >= 11 is 3.09. The maximum Gasteiger partial charge on any atom is 0.271 e. The number of hydrogen-bond acceptors (Lipinski definition) is 6. The number of thiophene rings is 1. The standard InChI is InChI=1S/C17H13N5OS2/c23-16(13-11-25-17(21-13)14-3-1-8-24-14)19-10-12-4-6-18-15(9-12)22-7-2-5-20-22/h1-9,11H,10H2,(H,19,23). The molecule has 0 aliphatic carbocycles. The van der Waals surface area contributed by atoms with E-state index in [0.29, 0.717) is 18.1 Å². The minimum absolute atomic E-state index is 0.184. The van der Waals surface area contributed by atoms with Crippen molar-refractivity contribution in [2.45, 2.75) is 6.54 Å². The van der Waals surface area contributed by atoms with Crippen LogP contribution in [0, 0.1) is 0 Å². The number of thiazole rings is 1. The van der Waals surface area contributed by atoms with Crippen molar-refractivity contribution < 1.29 is 4.79 Å². The van der Waals surface area contributed by atoms with Gasteiger partial charge < -0.3 is 5.32 Å². The van der Waals surface area contributed by atoms with Crippen molar-refractivity contribution in [2.75, 3.05) is 0 Å². The average Bonchev–Trinajstić information content (AvgIpc) is 3.41. The van der Waals surface area contributed by atoms with Crippen LogP contribution in [0.3, 0.4) is 0 Å². The minimum Gasteiger partial charge on any atom is -0.347 e. The van der Waals surface area contributed by atoms with E-state index in [1.54, 1.807) is 33.8 Å². The Hall–Kier alpha value is -2.84. The van der Waals surface area contributed by atoms with E-state index in [0.717, 1.165) is 15.4 Å². The van der Waals surface area contributed by atoms with Crippen molar-refractivity contribution in [3.8, 4) is 15.7 Å². The Balaban J connectivity index is 1.43. The first-order valence-corrected chi connectivity index (χ1v) is 9.28. The molecule has 0 saturated heterocycles. The van der Waals surface area contributed by atoms with E-state index in [2.05, 4.69) is 20.4 Å². The molecule has 6 nitrogen and oxygen atoms in total. The molecule has 0 spiro atoms. The summed E-state index contributed by atoms with van der Waals surface area (Å²) in [6.07, 6.45) is 5.23. The number of amides is 1. The molecule has 0 atom stereocenters. The Labute approximate surface area is 151 Å². The van der Waals surface area contributed by atoms with E-state index < -0.39 is 0 Å². The lowest BCUT2D eigenvalue weighted by atomic mass is 10.2. The molecule has 4 rings (SSSR count). The first kappa shape index (κ1) is 15.7. The van der Waals surface area contributed by atoms with E-state index in [4.69, 9.17) is 0 Å². The molecule has 0 unspecified atom stereocenters. The number of pyridine rings is 1. The molecule has 25 heavy (non-hydrogen) atoms. The fraction of sp³-hybridized carbons (Fsp3) is 0.0588. The molecule has 0 aromatic carbocycles. The lowest BCUT2D eigenvalue weighted by Crippen LogP contribution is -2.23. The maximum absolute atomic E-state index is 12.3. The first-order valence-electron chi connectivity index (χ1n) is 7.52. The molecule has 124 valence electrons. The molecule has 0 bridgehead atoms. The summed E-state index contributed by atoms with van der Waals surface area (Å²) in [5, 5.41) is 11.7. The van der Waals surface area contributed by atoms with Gasteiger partial charge in [-0.1, -0.05) is 6.07 Å². The van der Waals surface area contributed by atoms with Gasteiger partial charge in [0.05, 0.1) is 4.88 Å². The second-order valence-corrected chi connectivity index (χ2v) is 6.98. The van der Waals surface area contributed by atoms with Crippen molar-refractivity contribution in [1.29, 1.82) is 0 Å². The second kappa shape index (κ2) is 6.96. The number of nitrogens with one attached hydrogen (secondary N) is 1. The normalized spacial score (nSPS) is 10.7. The van der Waals surface area contributed by atoms with Gasteiger partial charge in [0.25, 0.3) is 5.91 Å². The zero-order valence-corrected chi connectivity index (χ0v) is 14.6. The van der Waals surface area contributed by atoms with Gasteiger partial charge in [-0.25, -0.2) is 14.6 Å². The molecular weight excluding hydrogens is 354 g/mol. The predicted octanol–water partition coefficient (Wildman–Crippen LogP) is 3.38. The molecule has 8 heteroatoms. The van der Waals surface area contributed by atoms with Crippen molar-refractivity contribution in [3.05, 3.63) is 70.9 Å². The number of nitrogens with zero attached hydrogens (tertiary/aromatic N) is 4. The summed E-state index contributed by atoms with van der Waals surface area (Å²) in [5.74, 6) is 0.530. The van der Waals surface area contributed by atoms with E-state index in [1.165, 1.54) is 11.3 Å². The summed E-state index contributed by atoms with van der Waals surface area (Å²) in [5.41, 5.74) is 1.39. The Kier molecular flexibility index (Phi) is 4.36. The van der Waals surface area contributed by atoms with Crippen LogP contribution in [-0.2, 0) is 6.54 Å². The molecule has 0 aliphatic rings. The zero-order valence-electron chi connectivity index (χ0n) is 13.0. The molecule has 0 radical (unpaired) electrons. The van der Waals surface area contributed by atoms with Crippen molar-refractivity contribution in [2.24, 2.45) is 0 Å². The highest BCUT2D eigenvalue weighted by Gasteiger charge is 2.12. The Morgan fingerprint density at radius 1 is 1.20 bits per heavy atom. The van der Waals surface area contributed by atoms with Crippen LogP contribution in [0.5, 0.6) is 0 Å². The second-order valence-electron chi connectivity index (χ2n) is 5.17. The Morgan fingerprint density at radius 2 is 2.16 bits per heavy atom. The van der Waals surface area contributed by atoms with Crippen molar-refractivity contribution in [1.82, 2.24) is 25.1 Å². The number of aromatic nitrogens is 4. The zero-order chi connectivity index (χ0) is 17.1. The van der Waals surface area contributed by atoms with Gasteiger partial charge >= 0.3 is 0 Å². The molecule has 0 aliphatic heterocycles. The summed E-state index contributed by atoms with van der Waals surface area (Å²) in [7, 11) is 0. The SMILES string of the molecule is O=C(NCc1ccnc(-n2cccn2)c1)c1csc(-c2cccs2)n1. The molecular formula is C17H13N5OS2. The minimum atomic E-state index is -0.184. The van der Waals surface area contributed by atoms with Crippen LogP contribution >= 0.6 is 22.7 Å². The summed E-state index contributed by atoms with van der Waals surface area (Å²) in [4.78, 5) is 22.1. The fourth-order valence-corrected chi connectivity index (χ4v) is 3.88. The van der Waals surface area contributed by atoms with Gasteiger partial charge in [0, 0.05) is 30.5 Å². The van der Waals surface area contributed by atoms with Crippen LogP contribution in [0.15, 0.2) is 59.7 Å². The predicted molar refractivity (Wildman–Crippen MR) is 98.0 cm³/mol. The van der Waals surface area contributed by atoms with Crippen LogP contribution in [0.4, 0.5) is 0 Å². The van der Waals surface area contributed by atoms with E-state index >= 15 is 0 Å². The van der Waals surface area contributed by atoms with Crippen LogP contribution in [-0.4, -0.2) is 25.7 Å². The molecule has 4 heterocycles. The summed E-state index contributed by atoms with van der Waals surface area (Å²) < 4.78 is 1.68. The number of carbonyl (C=O) groups excluding carboxylic acids is 1. The van der Waals surface area contributed by atoms with Crippen LogP contribution < -0.4 is 5.32 Å². The molecule has 1 amide bonds. The molecule has 0 saturated carbocycles. The van der Waals surface area contributed by atoms with E-state index in [9.17, 15) is 4.79 Å². The molecule has 4 aromatic rings. The highest BCUT2D eigenvalue weighted by Crippen LogP contribution is 2.27. The highest BCUT2D eigenvalue weighted by atomic mass is 32.1. The van der Waals surface area contributed by atoms with Gasteiger partial charge in [-0.2, -0.15) is 5.10 Å². The van der Waals surface area contributed by atoms with Gasteiger partial charge in [-0.05, 0) is 35.2 Å². The topological polar surface area (TPSA) is 72.7 Å². The molecule has 4 aromatic heterocycles. The summed E-state index contributed by atoms with van der Waals surface area (Å²) in [6.45, 7) is 0.404. The van der Waals surface area contributed by atoms with Crippen molar-refractivity contribution >= 4 is 28.6 Å².